The van der Waals surface area contributed by atoms with Gasteiger partial charge in [-0.1, -0.05) is 12.1 Å². The van der Waals surface area contributed by atoms with Gasteiger partial charge in [0.05, 0.1) is 23.7 Å². The van der Waals surface area contributed by atoms with E-state index in [1.807, 2.05) is 6.07 Å². The number of carbonyl (C=O) groups excluding carboxylic acids is 2. The zero-order valence-electron chi connectivity index (χ0n) is 16.3. The lowest BCUT2D eigenvalue weighted by molar-refractivity contribution is -0.142. The van der Waals surface area contributed by atoms with E-state index in [9.17, 15) is 18.0 Å². The van der Waals surface area contributed by atoms with Crippen molar-refractivity contribution in [1.82, 2.24) is 4.31 Å². The number of carbonyl (C=O) groups is 2. The highest BCUT2D eigenvalue weighted by Gasteiger charge is 2.25. The zero-order valence-corrected chi connectivity index (χ0v) is 17.9. The number of anilines is 1. The average Bonchev–Trinajstić information content (AvgIpc) is 3.24. The number of nitriles is 1. The van der Waals surface area contributed by atoms with Crippen LogP contribution in [0, 0.1) is 11.3 Å². The molecule has 1 saturated heterocycles. The van der Waals surface area contributed by atoms with E-state index in [1.54, 1.807) is 23.6 Å². The SMILES string of the molecule is N#Cc1ccsc1NC(=O)COC(=O)/C=C/c1ccc(S(=O)(=O)N2CCOCC2)cc1. The lowest BCUT2D eigenvalue weighted by atomic mass is 10.2. The molecule has 0 bridgehead atoms. The van der Waals surface area contributed by atoms with E-state index in [4.69, 9.17) is 14.7 Å². The fourth-order valence-corrected chi connectivity index (χ4v) is 4.85. The van der Waals surface area contributed by atoms with Crippen LogP contribution in [0.15, 0.2) is 46.7 Å². The second-order valence-electron chi connectivity index (χ2n) is 6.35. The predicted octanol–water partition coefficient (Wildman–Crippen LogP) is 1.84. The molecule has 31 heavy (non-hydrogen) atoms. The highest BCUT2D eigenvalue weighted by molar-refractivity contribution is 7.89. The van der Waals surface area contributed by atoms with Gasteiger partial charge < -0.3 is 14.8 Å². The maximum Gasteiger partial charge on any atom is 0.331 e. The molecule has 162 valence electrons. The Kier molecular flexibility index (Phi) is 7.54. The molecule has 11 heteroatoms. The number of sulfonamides is 1. The molecule has 0 saturated carbocycles. The summed E-state index contributed by atoms with van der Waals surface area (Å²) in [4.78, 5) is 23.8. The van der Waals surface area contributed by atoms with Gasteiger partial charge in [0, 0.05) is 19.2 Å². The molecule has 3 rings (SSSR count). The number of esters is 1. The maximum absolute atomic E-state index is 12.6. The van der Waals surface area contributed by atoms with Gasteiger partial charge in [0.15, 0.2) is 6.61 Å². The topological polar surface area (TPSA) is 126 Å². The molecule has 1 aromatic carbocycles. The van der Waals surface area contributed by atoms with Crippen LogP contribution in [0.1, 0.15) is 11.1 Å². The number of amides is 1. The average molecular weight is 462 g/mol. The molecule has 9 nitrogen and oxygen atoms in total. The summed E-state index contributed by atoms with van der Waals surface area (Å²) in [6, 6.07) is 9.61. The summed E-state index contributed by atoms with van der Waals surface area (Å²) in [6.07, 6.45) is 2.60. The van der Waals surface area contributed by atoms with Gasteiger partial charge >= 0.3 is 5.97 Å². The molecule has 1 aromatic heterocycles. The number of nitrogens with one attached hydrogen (secondary N) is 1. The number of thiophene rings is 1. The Hall–Kier alpha value is -3.04. The largest absolute Gasteiger partial charge is 0.452 e. The Morgan fingerprint density at radius 1 is 1.23 bits per heavy atom. The first-order chi connectivity index (χ1) is 14.9. The van der Waals surface area contributed by atoms with Crippen molar-refractivity contribution in [2.45, 2.75) is 4.90 Å². The summed E-state index contributed by atoms with van der Waals surface area (Å²) in [5, 5.41) is 13.5. The summed E-state index contributed by atoms with van der Waals surface area (Å²) in [7, 11) is -3.58. The lowest BCUT2D eigenvalue weighted by Crippen LogP contribution is -2.40. The Bertz CT molecular complexity index is 1110. The van der Waals surface area contributed by atoms with Crippen LogP contribution >= 0.6 is 11.3 Å². The molecule has 0 aliphatic carbocycles. The van der Waals surface area contributed by atoms with Gasteiger partial charge in [-0.25, -0.2) is 13.2 Å². The van der Waals surface area contributed by atoms with Crippen LogP contribution in [-0.4, -0.2) is 57.5 Å². The van der Waals surface area contributed by atoms with E-state index in [0.29, 0.717) is 42.4 Å². The van der Waals surface area contributed by atoms with Crippen molar-refractivity contribution in [3.05, 3.63) is 52.9 Å². The quantitative estimate of drug-likeness (QED) is 0.492. The molecule has 0 radical (unpaired) electrons. The molecular formula is C20H19N3O6S2. The zero-order chi connectivity index (χ0) is 22.3. The van der Waals surface area contributed by atoms with Gasteiger partial charge in [-0.3, -0.25) is 4.79 Å². The van der Waals surface area contributed by atoms with Crippen molar-refractivity contribution in [2.24, 2.45) is 0 Å². The molecular weight excluding hydrogens is 442 g/mol. The van der Waals surface area contributed by atoms with E-state index in [-0.39, 0.29) is 4.90 Å². The highest BCUT2D eigenvalue weighted by Crippen LogP contribution is 2.22. The fraction of sp³-hybridized carbons (Fsp3) is 0.250. The van der Waals surface area contributed by atoms with Crippen LogP contribution in [0.4, 0.5) is 5.00 Å². The number of rotatable bonds is 7. The Balaban J connectivity index is 1.51. The first-order valence-electron chi connectivity index (χ1n) is 9.20. The number of benzene rings is 1. The summed E-state index contributed by atoms with van der Waals surface area (Å²) in [5.74, 6) is -1.29. The fourth-order valence-electron chi connectivity index (χ4n) is 2.69. The second-order valence-corrected chi connectivity index (χ2v) is 9.20. The number of morpholine rings is 1. The first kappa shape index (κ1) is 22.6. The minimum absolute atomic E-state index is 0.163. The molecule has 1 aliphatic rings. The van der Waals surface area contributed by atoms with Gasteiger partial charge in [-0.2, -0.15) is 9.57 Å². The first-order valence-corrected chi connectivity index (χ1v) is 11.5. The third kappa shape index (κ3) is 5.99. The highest BCUT2D eigenvalue weighted by atomic mass is 32.2. The van der Waals surface area contributed by atoms with Crippen molar-refractivity contribution < 1.29 is 27.5 Å². The number of nitrogens with zero attached hydrogens (tertiary/aromatic N) is 2. The summed E-state index contributed by atoms with van der Waals surface area (Å²) in [5.41, 5.74) is 0.934. The van der Waals surface area contributed by atoms with E-state index < -0.39 is 28.5 Å². The Morgan fingerprint density at radius 3 is 2.61 bits per heavy atom. The molecule has 1 N–H and O–H groups in total. The van der Waals surface area contributed by atoms with Crippen LogP contribution in [-0.2, 0) is 29.1 Å². The smallest absolute Gasteiger partial charge is 0.331 e. The molecule has 1 aliphatic heterocycles. The monoisotopic (exact) mass is 461 g/mol. The van der Waals surface area contributed by atoms with Gasteiger partial charge in [0.25, 0.3) is 5.91 Å². The minimum atomic E-state index is -3.58. The van der Waals surface area contributed by atoms with Crippen LogP contribution < -0.4 is 5.32 Å². The van der Waals surface area contributed by atoms with E-state index in [2.05, 4.69) is 5.32 Å². The minimum Gasteiger partial charge on any atom is -0.452 e. The third-order valence-corrected chi connectivity index (χ3v) is 7.03. The van der Waals surface area contributed by atoms with Crippen molar-refractivity contribution in [3.8, 4) is 6.07 Å². The Morgan fingerprint density at radius 2 is 1.94 bits per heavy atom. The Labute approximate surface area is 183 Å². The predicted molar refractivity (Wildman–Crippen MR) is 114 cm³/mol. The van der Waals surface area contributed by atoms with Crippen LogP contribution in [0.5, 0.6) is 0 Å². The summed E-state index contributed by atoms with van der Waals surface area (Å²) < 4.78 is 36.6. The summed E-state index contributed by atoms with van der Waals surface area (Å²) >= 11 is 1.20. The maximum atomic E-state index is 12.6. The number of hydrogen-bond acceptors (Lipinski definition) is 8. The number of ether oxygens (including phenoxy) is 2. The number of hydrogen-bond donors (Lipinski definition) is 1. The van der Waals surface area contributed by atoms with Crippen molar-refractivity contribution in [3.63, 3.8) is 0 Å². The molecule has 2 aromatic rings. The normalized spacial score (nSPS) is 14.8. The standard InChI is InChI=1S/C20H19N3O6S2/c21-13-16-7-12-30-20(16)22-18(24)14-29-19(25)6-3-15-1-4-17(5-2-15)31(26,27)23-8-10-28-11-9-23/h1-7,12H,8-11,14H2,(H,22,24)/b6-3+. The van der Waals surface area contributed by atoms with Gasteiger partial charge in [-0.15, -0.1) is 11.3 Å². The van der Waals surface area contributed by atoms with E-state index >= 15 is 0 Å². The molecule has 2 heterocycles. The van der Waals surface area contributed by atoms with Crippen LogP contribution in [0.2, 0.25) is 0 Å². The van der Waals surface area contributed by atoms with Crippen LogP contribution in [0.3, 0.4) is 0 Å². The molecule has 0 unspecified atom stereocenters. The van der Waals surface area contributed by atoms with Crippen molar-refractivity contribution >= 4 is 44.3 Å². The second kappa shape index (κ2) is 10.3. The molecule has 1 amide bonds. The van der Waals surface area contributed by atoms with Gasteiger partial charge in [0.1, 0.15) is 11.1 Å². The van der Waals surface area contributed by atoms with Crippen LogP contribution in [0.25, 0.3) is 6.08 Å². The molecule has 1 fully saturated rings. The van der Waals surface area contributed by atoms with Gasteiger partial charge in [0.2, 0.25) is 10.0 Å². The third-order valence-electron chi connectivity index (χ3n) is 4.28. The summed E-state index contributed by atoms with van der Waals surface area (Å²) in [6.45, 7) is 0.865. The van der Waals surface area contributed by atoms with Crippen molar-refractivity contribution in [2.75, 3.05) is 38.2 Å². The van der Waals surface area contributed by atoms with E-state index in [1.165, 1.54) is 33.9 Å². The molecule has 0 atom stereocenters. The van der Waals surface area contributed by atoms with Crippen molar-refractivity contribution in [1.29, 1.82) is 5.26 Å². The lowest BCUT2D eigenvalue weighted by Gasteiger charge is -2.26. The molecule has 0 spiro atoms. The van der Waals surface area contributed by atoms with Gasteiger partial charge in [-0.05, 0) is 35.2 Å². The van der Waals surface area contributed by atoms with E-state index in [0.717, 1.165) is 6.08 Å².